The van der Waals surface area contributed by atoms with E-state index < -0.39 is 10.0 Å². The maximum absolute atomic E-state index is 12.8. The first-order valence-corrected chi connectivity index (χ1v) is 11.0. The number of hydrogen-bond acceptors (Lipinski definition) is 5. The molecular formula is C21H29N3O4S. The lowest BCUT2D eigenvalue weighted by Crippen LogP contribution is -2.35. The van der Waals surface area contributed by atoms with E-state index in [1.165, 1.54) is 18.5 Å². The quantitative estimate of drug-likeness (QED) is 0.640. The average Bonchev–Trinajstić information content (AvgIpc) is 2.76. The predicted octanol–water partition coefficient (Wildman–Crippen LogP) is 2.59. The van der Waals surface area contributed by atoms with Crippen LogP contribution in [0, 0.1) is 0 Å². The van der Waals surface area contributed by atoms with Gasteiger partial charge in [-0.2, -0.15) is 0 Å². The number of methoxy groups -OCH3 is 1. The lowest BCUT2D eigenvalue weighted by Gasteiger charge is -2.21. The first kappa shape index (κ1) is 22.7. The van der Waals surface area contributed by atoms with Crippen LogP contribution in [0.25, 0.3) is 0 Å². The summed E-state index contributed by atoms with van der Waals surface area (Å²) in [7, 11) is -0.779. The van der Waals surface area contributed by atoms with Crippen LogP contribution in [0.2, 0.25) is 0 Å². The highest BCUT2D eigenvalue weighted by atomic mass is 32.2. The van der Waals surface area contributed by atoms with E-state index in [9.17, 15) is 13.2 Å². The Morgan fingerprint density at radius 1 is 1.07 bits per heavy atom. The van der Waals surface area contributed by atoms with E-state index >= 15 is 0 Å². The molecule has 2 rings (SSSR count). The molecule has 0 fully saturated rings. The lowest BCUT2D eigenvalue weighted by molar-refractivity contribution is 0.0946. The number of amides is 1. The fraction of sp³-hybridized carbons (Fsp3) is 0.381. The third kappa shape index (κ3) is 5.48. The van der Waals surface area contributed by atoms with Crippen molar-refractivity contribution in [2.45, 2.75) is 18.7 Å². The summed E-state index contributed by atoms with van der Waals surface area (Å²) >= 11 is 0. The third-order valence-corrected chi connectivity index (χ3v) is 6.60. The van der Waals surface area contributed by atoms with Gasteiger partial charge >= 0.3 is 0 Å². The first-order chi connectivity index (χ1) is 13.8. The summed E-state index contributed by atoms with van der Waals surface area (Å²) in [4.78, 5) is 14.9. The minimum atomic E-state index is -3.71. The molecule has 0 saturated carbocycles. The molecule has 0 aliphatic rings. The number of benzene rings is 2. The van der Waals surface area contributed by atoms with Crippen molar-refractivity contribution in [3.05, 3.63) is 54.1 Å². The number of ether oxygens (including phenoxy) is 1. The number of hydrogen-bond donors (Lipinski definition) is 1. The molecule has 1 amide bonds. The Kier molecular flexibility index (Phi) is 8.04. The van der Waals surface area contributed by atoms with Crippen LogP contribution in [0.1, 0.15) is 24.2 Å². The zero-order valence-electron chi connectivity index (χ0n) is 17.4. The molecule has 1 N–H and O–H groups in total. The fourth-order valence-electron chi connectivity index (χ4n) is 2.92. The summed E-state index contributed by atoms with van der Waals surface area (Å²) < 4.78 is 32.2. The number of anilines is 1. The van der Waals surface area contributed by atoms with Crippen LogP contribution in [0.3, 0.4) is 0 Å². The van der Waals surface area contributed by atoms with E-state index in [0.717, 1.165) is 19.6 Å². The Hall–Kier alpha value is -2.58. The number of nitrogens with one attached hydrogen (secondary N) is 1. The van der Waals surface area contributed by atoms with E-state index in [1.807, 2.05) is 0 Å². The van der Waals surface area contributed by atoms with Gasteiger partial charge in [0.15, 0.2) is 0 Å². The van der Waals surface area contributed by atoms with Crippen LogP contribution >= 0.6 is 0 Å². The molecule has 0 aliphatic heterocycles. The largest absolute Gasteiger partial charge is 0.496 e. The van der Waals surface area contributed by atoms with Crippen molar-refractivity contribution < 1.29 is 17.9 Å². The SMILES string of the molecule is CCN(CC)CCNC(=O)c1ccc(N(C)S(=O)(=O)c2ccccc2)cc1OC. The third-order valence-electron chi connectivity index (χ3n) is 4.80. The molecule has 0 aromatic heterocycles. The van der Waals surface area contributed by atoms with Crippen LogP contribution in [-0.4, -0.2) is 59.6 Å². The van der Waals surface area contributed by atoms with Crippen molar-refractivity contribution >= 4 is 21.6 Å². The van der Waals surface area contributed by atoms with Gasteiger partial charge in [-0.15, -0.1) is 0 Å². The van der Waals surface area contributed by atoms with Crippen LogP contribution in [0.4, 0.5) is 5.69 Å². The van der Waals surface area contributed by atoms with E-state index in [1.54, 1.807) is 48.5 Å². The normalized spacial score (nSPS) is 11.3. The van der Waals surface area contributed by atoms with Crippen LogP contribution < -0.4 is 14.4 Å². The van der Waals surface area contributed by atoms with Gasteiger partial charge in [-0.05, 0) is 37.4 Å². The van der Waals surface area contributed by atoms with Gasteiger partial charge in [-0.1, -0.05) is 32.0 Å². The minimum absolute atomic E-state index is 0.194. The number of carbonyl (C=O) groups excluding carboxylic acids is 1. The summed E-state index contributed by atoms with van der Waals surface area (Å²) in [5.74, 6) is 0.0621. The van der Waals surface area contributed by atoms with Gasteiger partial charge in [0.2, 0.25) is 0 Å². The standard InChI is InChI=1S/C21H29N3O4S/c1-5-24(6-2)15-14-22-21(25)19-13-12-17(16-20(19)28-4)23(3)29(26,27)18-10-8-7-9-11-18/h7-13,16H,5-6,14-15H2,1-4H3,(H,22,25). The molecule has 2 aromatic carbocycles. The Morgan fingerprint density at radius 3 is 2.31 bits per heavy atom. The van der Waals surface area contributed by atoms with Gasteiger partial charge < -0.3 is 15.0 Å². The molecule has 0 spiro atoms. The van der Waals surface area contributed by atoms with E-state index in [2.05, 4.69) is 24.1 Å². The summed E-state index contributed by atoms with van der Waals surface area (Å²) in [5.41, 5.74) is 0.770. The number of carbonyl (C=O) groups is 1. The number of rotatable bonds is 10. The van der Waals surface area contributed by atoms with Gasteiger partial charge in [0.25, 0.3) is 15.9 Å². The highest BCUT2D eigenvalue weighted by Crippen LogP contribution is 2.28. The van der Waals surface area contributed by atoms with Gasteiger partial charge in [-0.3, -0.25) is 9.10 Å². The smallest absolute Gasteiger partial charge is 0.264 e. The summed E-state index contributed by atoms with van der Waals surface area (Å²) in [6.45, 7) is 7.28. The Balaban J connectivity index is 2.18. The van der Waals surface area contributed by atoms with Crippen molar-refractivity contribution in [2.75, 3.05) is 44.6 Å². The maximum Gasteiger partial charge on any atom is 0.264 e. The van der Waals surface area contributed by atoms with Crippen molar-refractivity contribution in [1.82, 2.24) is 10.2 Å². The van der Waals surface area contributed by atoms with E-state index in [0.29, 0.717) is 23.5 Å². The monoisotopic (exact) mass is 419 g/mol. The van der Waals surface area contributed by atoms with Gasteiger partial charge in [0.05, 0.1) is 23.3 Å². The molecule has 29 heavy (non-hydrogen) atoms. The second kappa shape index (κ2) is 10.3. The molecule has 0 aliphatic carbocycles. The second-order valence-corrected chi connectivity index (χ2v) is 8.42. The van der Waals surface area contributed by atoms with Gasteiger partial charge in [-0.25, -0.2) is 8.42 Å². The topological polar surface area (TPSA) is 79.0 Å². The zero-order chi connectivity index (χ0) is 21.4. The summed E-state index contributed by atoms with van der Waals surface area (Å²) in [6.07, 6.45) is 0. The zero-order valence-corrected chi connectivity index (χ0v) is 18.2. The molecule has 7 nitrogen and oxygen atoms in total. The number of likely N-dealkylation sites (N-methyl/N-ethyl adjacent to an activating group) is 1. The fourth-order valence-corrected chi connectivity index (χ4v) is 4.12. The molecule has 0 unspecified atom stereocenters. The Morgan fingerprint density at radius 2 is 1.72 bits per heavy atom. The van der Waals surface area contributed by atoms with Crippen molar-refractivity contribution in [1.29, 1.82) is 0 Å². The molecule has 0 bridgehead atoms. The average molecular weight is 420 g/mol. The van der Waals surface area contributed by atoms with E-state index in [4.69, 9.17) is 4.74 Å². The maximum atomic E-state index is 12.8. The molecule has 0 saturated heterocycles. The summed E-state index contributed by atoms with van der Waals surface area (Å²) in [5, 5.41) is 2.89. The van der Waals surface area contributed by atoms with E-state index in [-0.39, 0.29) is 10.8 Å². The molecule has 0 heterocycles. The molecular weight excluding hydrogens is 390 g/mol. The molecule has 0 atom stereocenters. The van der Waals surface area contributed by atoms with Crippen LogP contribution in [-0.2, 0) is 10.0 Å². The highest BCUT2D eigenvalue weighted by molar-refractivity contribution is 7.92. The minimum Gasteiger partial charge on any atom is -0.496 e. The lowest BCUT2D eigenvalue weighted by atomic mass is 10.1. The number of nitrogens with zero attached hydrogens (tertiary/aromatic N) is 2. The van der Waals surface area contributed by atoms with Crippen molar-refractivity contribution in [3.63, 3.8) is 0 Å². The van der Waals surface area contributed by atoms with Crippen LogP contribution in [0.15, 0.2) is 53.4 Å². The highest BCUT2D eigenvalue weighted by Gasteiger charge is 2.23. The van der Waals surface area contributed by atoms with Gasteiger partial charge in [0.1, 0.15) is 5.75 Å². The molecule has 8 heteroatoms. The molecule has 0 radical (unpaired) electrons. The molecule has 2 aromatic rings. The van der Waals surface area contributed by atoms with Crippen molar-refractivity contribution in [3.8, 4) is 5.75 Å². The first-order valence-electron chi connectivity index (χ1n) is 9.57. The molecule has 158 valence electrons. The number of sulfonamides is 1. The predicted molar refractivity (Wildman–Crippen MR) is 115 cm³/mol. The van der Waals surface area contributed by atoms with Gasteiger partial charge in [0, 0.05) is 26.2 Å². The summed E-state index contributed by atoms with van der Waals surface area (Å²) in [6, 6.07) is 12.9. The Bertz CT molecular complexity index is 913. The second-order valence-electron chi connectivity index (χ2n) is 6.45. The Labute approximate surface area is 173 Å². The van der Waals surface area contributed by atoms with Crippen molar-refractivity contribution in [2.24, 2.45) is 0 Å². The van der Waals surface area contributed by atoms with Crippen LogP contribution in [0.5, 0.6) is 5.75 Å².